The van der Waals surface area contributed by atoms with E-state index in [1.54, 1.807) is 51.8 Å². The number of amides is 2. The van der Waals surface area contributed by atoms with E-state index >= 15 is 0 Å². The Labute approximate surface area is 375 Å². The van der Waals surface area contributed by atoms with Gasteiger partial charge in [0.05, 0.1) is 41.2 Å². The molecule has 0 spiro atoms. The molecule has 5 N–H and O–H groups in total. The van der Waals surface area contributed by atoms with E-state index < -0.39 is 89.6 Å². The molecule has 6 rings (SSSR count). The molecule has 2 aromatic rings. The third kappa shape index (κ3) is 10.5. The minimum absolute atomic E-state index is 0.0489. The molecule has 9 atom stereocenters. The summed E-state index contributed by atoms with van der Waals surface area (Å²) in [5.41, 5.74) is 0.0250. The molecule has 64 heavy (non-hydrogen) atoms. The number of fused-ring (bicyclic) bond motifs is 14. The van der Waals surface area contributed by atoms with E-state index in [2.05, 4.69) is 5.32 Å². The Balaban J connectivity index is 1.66. The van der Waals surface area contributed by atoms with Gasteiger partial charge in [0.1, 0.15) is 23.4 Å². The highest BCUT2D eigenvalue weighted by molar-refractivity contribution is 6.21. The Hall–Kier alpha value is -5.16. The van der Waals surface area contributed by atoms with Gasteiger partial charge in [-0.1, -0.05) is 65.7 Å². The van der Waals surface area contributed by atoms with E-state index in [-0.39, 0.29) is 50.6 Å². The molecule has 16 heteroatoms. The number of ether oxygens (including phenoxy) is 5. The van der Waals surface area contributed by atoms with E-state index in [1.807, 2.05) is 11.9 Å². The minimum atomic E-state index is -2.03. The van der Waals surface area contributed by atoms with Gasteiger partial charge in [-0.3, -0.25) is 24.2 Å². The molecule has 2 amide bonds. The number of rotatable bonds is 9. The molecule has 352 valence electrons. The summed E-state index contributed by atoms with van der Waals surface area (Å²) in [6.45, 7) is 16.1. The second-order valence-corrected chi connectivity index (χ2v) is 17.6. The lowest BCUT2D eigenvalue weighted by molar-refractivity contribution is -0.160. The van der Waals surface area contributed by atoms with Crippen LogP contribution >= 0.6 is 0 Å². The zero-order valence-electron chi connectivity index (χ0n) is 38.8. The van der Waals surface area contributed by atoms with E-state index in [4.69, 9.17) is 23.7 Å². The van der Waals surface area contributed by atoms with Crippen molar-refractivity contribution in [1.82, 2.24) is 10.0 Å². The molecule has 4 heterocycles. The molecule has 0 radical (unpaired) electrons. The number of carbonyl (C=O) groups excluding carboxylic acids is 4. The fourth-order valence-corrected chi connectivity index (χ4v) is 8.81. The topological polar surface area (TPSA) is 214 Å². The van der Waals surface area contributed by atoms with Gasteiger partial charge in [0, 0.05) is 86.9 Å². The van der Waals surface area contributed by atoms with E-state index in [9.17, 15) is 39.6 Å². The van der Waals surface area contributed by atoms with Gasteiger partial charge in [-0.25, -0.2) is 5.01 Å². The van der Waals surface area contributed by atoms with Crippen molar-refractivity contribution in [2.75, 3.05) is 38.7 Å². The van der Waals surface area contributed by atoms with Crippen molar-refractivity contribution in [3.05, 3.63) is 53.3 Å². The number of carbonyl (C=O) groups is 4. The van der Waals surface area contributed by atoms with Gasteiger partial charge < -0.3 is 49.4 Å². The van der Waals surface area contributed by atoms with Crippen LogP contribution in [-0.4, -0.2) is 118 Å². The number of esters is 1. The average molecular weight is 894 g/mol. The van der Waals surface area contributed by atoms with Crippen molar-refractivity contribution in [2.24, 2.45) is 23.7 Å². The molecule has 0 aromatic heterocycles. The number of anilines is 1. The van der Waals surface area contributed by atoms with Crippen LogP contribution < -0.4 is 14.8 Å². The maximum absolute atomic E-state index is 14.7. The lowest BCUT2D eigenvalue weighted by Crippen LogP contribution is -2.50. The number of nitrogens with zero attached hydrogens (tertiary/aromatic N) is 2. The smallest absolute Gasteiger partial charge is 0.312 e. The number of aliphatic hydroxyl groups excluding tert-OH is 2. The molecular weight excluding hydrogens is 827 g/mol. The number of nitrogens with one attached hydrogen (secondary N) is 1. The van der Waals surface area contributed by atoms with Gasteiger partial charge in [0.15, 0.2) is 12.4 Å². The van der Waals surface area contributed by atoms with Crippen molar-refractivity contribution < 1.29 is 63.3 Å². The summed E-state index contributed by atoms with van der Waals surface area (Å²) in [6, 6.07) is 1.30. The number of unbranched alkanes of at least 4 members (excludes halogenated alkanes) is 1. The van der Waals surface area contributed by atoms with Crippen LogP contribution in [0.2, 0.25) is 0 Å². The number of allylic oxidation sites excluding steroid dienone is 2. The summed E-state index contributed by atoms with van der Waals surface area (Å²) in [5, 5.41) is 52.7. The predicted octanol–water partition coefficient (Wildman–Crippen LogP) is 6.46. The Morgan fingerprint density at radius 3 is 2.30 bits per heavy atom. The van der Waals surface area contributed by atoms with Crippen LogP contribution in [0.3, 0.4) is 0 Å². The third-order valence-corrected chi connectivity index (χ3v) is 12.9. The molecule has 0 aliphatic carbocycles. The lowest BCUT2D eigenvalue weighted by atomic mass is 9.78. The first-order chi connectivity index (χ1) is 30.3. The summed E-state index contributed by atoms with van der Waals surface area (Å²) in [4.78, 5) is 54.8. The second kappa shape index (κ2) is 21.2. The van der Waals surface area contributed by atoms with Crippen LogP contribution in [0.15, 0.2) is 42.2 Å². The highest BCUT2D eigenvalue weighted by Gasteiger charge is 2.50. The molecule has 9 unspecified atom stereocenters. The lowest BCUT2D eigenvalue weighted by Gasteiger charge is -2.38. The number of methoxy groups -OCH3 is 1. The Kier molecular flexibility index (Phi) is 16.5. The first kappa shape index (κ1) is 49.8. The number of hydrogen-bond donors (Lipinski definition) is 5. The van der Waals surface area contributed by atoms with Gasteiger partial charge in [-0.2, -0.15) is 0 Å². The summed E-state index contributed by atoms with van der Waals surface area (Å²) in [5.74, 6) is -7.94. The minimum Gasteiger partial charge on any atom is -0.507 e. The molecule has 1 fully saturated rings. The molecule has 4 aliphatic heterocycles. The Morgan fingerprint density at radius 2 is 1.66 bits per heavy atom. The molecular formula is C48H67N3O13. The maximum atomic E-state index is 14.7. The normalized spacial score (nSPS) is 30.2. The highest BCUT2D eigenvalue weighted by Crippen LogP contribution is 2.54. The molecule has 2 aromatic carbocycles. The van der Waals surface area contributed by atoms with Crippen LogP contribution in [0.5, 0.6) is 23.0 Å². The number of aromatic hydroxyl groups is 2. The molecule has 5 bridgehead atoms. The van der Waals surface area contributed by atoms with Crippen LogP contribution in [0.4, 0.5) is 5.69 Å². The second-order valence-electron chi connectivity index (χ2n) is 17.6. The maximum Gasteiger partial charge on any atom is 0.312 e. The van der Waals surface area contributed by atoms with Crippen molar-refractivity contribution in [2.45, 2.75) is 125 Å². The molecule has 0 saturated carbocycles. The van der Waals surface area contributed by atoms with Gasteiger partial charge in [0.25, 0.3) is 17.6 Å². The van der Waals surface area contributed by atoms with Crippen LogP contribution in [0, 0.1) is 30.6 Å². The largest absolute Gasteiger partial charge is 0.507 e. The highest BCUT2D eigenvalue weighted by atomic mass is 16.7. The summed E-state index contributed by atoms with van der Waals surface area (Å²) in [7, 11) is 1.45. The number of phenols is 2. The molecule has 16 nitrogen and oxygen atoms in total. The third-order valence-electron chi connectivity index (χ3n) is 12.9. The van der Waals surface area contributed by atoms with Crippen molar-refractivity contribution in [1.29, 1.82) is 0 Å². The number of benzene rings is 2. The van der Waals surface area contributed by atoms with Gasteiger partial charge in [-0.15, -0.1) is 0 Å². The number of hydrogen-bond acceptors (Lipinski definition) is 14. The van der Waals surface area contributed by atoms with Gasteiger partial charge in [-0.05, 0) is 39.2 Å². The van der Waals surface area contributed by atoms with E-state index in [0.717, 1.165) is 32.1 Å². The standard InChI is InChI=1S/C48H67N3O13/c1-11-12-22-51(50-20-14-13-15-21-50)36(53)25-61-35-24-33-43(57)38-37(35)39-45(31(7)42(38)56)64-48(9,46(39)58)62-23-19-34(60-10)28(4)44(63-32(8)52)30(6)41(55)29(5)40(54)26(2)17-16-18-27(3)47(59)49-33/h16-19,23-24,26,28-30,34,40-41,44,54-57H,11-15,20-22,25H2,1-10H3,(H,49,59)/b17-16-,23-19-,27-18-. The zero-order chi connectivity index (χ0) is 47.2. The molecule has 1 saturated heterocycles. The van der Waals surface area contributed by atoms with Crippen LogP contribution in [0.1, 0.15) is 103 Å². The number of piperidine rings is 1. The number of aliphatic hydroxyl groups is 2. The van der Waals surface area contributed by atoms with Crippen molar-refractivity contribution in [3.63, 3.8) is 0 Å². The number of phenolic OH excluding ortho intramolecular Hbond substituents is 2. The number of hydrazine groups is 1. The van der Waals surface area contributed by atoms with E-state index in [0.29, 0.717) is 19.6 Å². The van der Waals surface area contributed by atoms with Crippen LogP contribution in [0.25, 0.3) is 10.8 Å². The predicted molar refractivity (Wildman–Crippen MR) is 240 cm³/mol. The first-order valence-electron chi connectivity index (χ1n) is 22.3. The Morgan fingerprint density at radius 1 is 0.969 bits per heavy atom. The van der Waals surface area contributed by atoms with Gasteiger partial charge >= 0.3 is 11.8 Å². The zero-order valence-corrected chi connectivity index (χ0v) is 38.8. The van der Waals surface area contributed by atoms with E-state index in [1.165, 1.54) is 52.4 Å². The number of ketones is 1. The van der Waals surface area contributed by atoms with Crippen LogP contribution in [-0.2, 0) is 28.6 Å². The Bertz CT molecular complexity index is 2150. The fraction of sp³-hybridized carbons (Fsp3) is 0.583. The fourth-order valence-electron chi connectivity index (χ4n) is 8.81. The average Bonchev–Trinajstić information content (AvgIpc) is 3.54. The monoisotopic (exact) mass is 893 g/mol. The number of Topliss-reactive ketones (excluding diaryl/α,β-unsaturated/α-hetero) is 1. The molecule has 4 aliphatic rings. The first-order valence-corrected chi connectivity index (χ1v) is 22.3. The van der Waals surface area contributed by atoms with Gasteiger partial charge in [0.2, 0.25) is 0 Å². The van der Waals surface area contributed by atoms with Crippen molar-refractivity contribution >= 4 is 40.0 Å². The van der Waals surface area contributed by atoms with Crippen molar-refractivity contribution in [3.8, 4) is 23.0 Å². The summed E-state index contributed by atoms with van der Waals surface area (Å²) >= 11 is 0. The summed E-state index contributed by atoms with van der Waals surface area (Å²) < 4.78 is 30.1. The SMILES string of the molecule is CCCCN(C(=O)COc1cc2c(O)c3c(O)c(C)c4c(c13)C(=O)C(C)(O/C=C\C(OC)C(C)C(OC(C)=O)C(C)C(O)C(C)C(O)C(C)/C=C\C=C(\C)C(=O)N2)O4)N1CCCCC1. The quantitative estimate of drug-likeness (QED) is 0.135. The summed E-state index contributed by atoms with van der Waals surface area (Å²) in [6.07, 6.45) is 8.23.